The number of hydrogen-bond acceptors (Lipinski definition) is 4. The third-order valence-electron chi connectivity index (χ3n) is 4.92. The van der Waals surface area contributed by atoms with Crippen molar-refractivity contribution in [2.45, 2.75) is 0 Å². The number of phenolic OH excluding ortho intramolecular Hbond substituents is 1. The number of aromatic nitrogens is 1. The van der Waals surface area contributed by atoms with Crippen LogP contribution in [0.15, 0.2) is 59.3 Å². The molecule has 6 heteroatoms. The van der Waals surface area contributed by atoms with Crippen molar-refractivity contribution in [3.05, 3.63) is 66.1 Å². The number of furan rings is 1. The molecule has 4 aromatic rings. The van der Waals surface area contributed by atoms with Gasteiger partial charge in [0, 0.05) is 40.7 Å². The van der Waals surface area contributed by atoms with Crippen molar-refractivity contribution in [1.29, 1.82) is 0 Å². The highest BCUT2D eigenvalue weighted by Gasteiger charge is 2.35. The number of hydrogen-bond donors (Lipinski definition) is 2. The van der Waals surface area contributed by atoms with E-state index in [4.69, 9.17) is 4.42 Å². The van der Waals surface area contributed by atoms with Crippen LogP contribution in [-0.4, -0.2) is 21.5 Å². The molecule has 0 aliphatic carbocycles. The highest BCUT2D eigenvalue weighted by molar-refractivity contribution is 6.50. The summed E-state index contributed by atoms with van der Waals surface area (Å²) in [6.07, 6.45) is 3.29. The van der Waals surface area contributed by atoms with E-state index in [9.17, 15) is 14.7 Å². The first kappa shape index (κ1) is 15.5. The Balaban J connectivity index is 1.87. The van der Waals surface area contributed by atoms with E-state index in [-0.39, 0.29) is 16.9 Å². The van der Waals surface area contributed by atoms with Gasteiger partial charge in [0.2, 0.25) is 0 Å². The maximum absolute atomic E-state index is 12.7. The van der Waals surface area contributed by atoms with Crippen molar-refractivity contribution in [3.63, 3.8) is 0 Å². The summed E-state index contributed by atoms with van der Waals surface area (Å²) in [7, 11) is 1.85. The number of phenols is 1. The van der Waals surface area contributed by atoms with Gasteiger partial charge in [-0.15, -0.1) is 0 Å². The van der Waals surface area contributed by atoms with Crippen LogP contribution in [-0.2, 0) is 16.6 Å². The molecule has 2 aromatic carbocycles. The summed E-state index contributed by atoms with van der Waals surface area (Å²) in [4.78, 5) is 25.3. The summed E-state index contributed by atoms with van der Waals surface area (Å²) in [6.45, 7) is 0. The molecule has 0 unspecified atom stereocenters. The van der Waals surface area contributed by atoms with E-state index in [0.717, 1.165) is 10.9 Å². The lowest BCUT2D eigenvalue weighted by Crippen LogP contribution is -2.22. The number of para-hydroxylation sites is 1. The fourth-order valence-electron chi connectivity index (χ4n) is 3.72. The predicted octanol–water partition coefficient (Wildman–Crippen LogP) is 3.20. The van der Waals surface area contributed by atoms with Gasteiger partial charge in [0.15, 0.2) is 0 Å². The third-order valence-corrected chi connectivity index (χ3v) is 4.92. The highest BCUT2D eigenvalue weighted by Crippen LogP contribution is 2.39. The van der Waals surface area contributed by atoms with Crippen LogP contribution in [0.4, 0.5) is 0 Å². The van der Waals surface area contributed by atoms with Gasteiger partial charge in [-0.05, 0) is 24.3 Å². The van der Waals surface area contributed by atoms with Crippen LogP contribution in [0.3, 0.4) is 0 Å². The Morgan fingerprint density at radius 3 is 2.52 bits per heavy atom. The lowest BCUT2D eigenvalue weighted by molar-refractivity contribution is -0.122. The summed E-state index contributed by atoms with van der Waals surface area (Å²) < 4.78 is 7.43. The van der Waals surface area contributed by atoms with Crippen LogP contribution in [0, 0.1) is 0 Å². The Bertz CT molecular complexity index is 1310. The Morgan fingerprint density at radius 2 is 1.70 bits per heavy atom. The average molecular weight is 358 g/mol. The van der Waals surface area contributed by atoms with Crippen molar-refractivity contribution < 1.29 is 19.1 Å². The fourth-order valence-corrected chi connectivity index (χ4v) is 3.72. The molecule has 1 aliphatic rings. The number of carbonyl (C=O) groups excluding carboxylic acids is 2. The zero-order valence-electron chi connectivity index (χ0n) is 14.3. The van der Waals surface area contributed by atoms with Gasteiger partial charge in [-0.3, -0.25) is 14.9 Å². The number of amides is 2. The summed E-state index contributed by atoms with van der Waals surface area (Å²) in [5.74, 6) is -0.828. The van der Waals surface area contributed by atoms with Crippen molar-refractivity contribution in [2.24, 2.45) is 7.05 Å². The zero-order chi connectivity index (χ0) is 18.7. The molecular formula is C21H14N2O4. The number of rotatable bonds is 2. The first-order valence-electron chi connectivity index (χ1n) is 8.39. The standard InChI is InChI=1S/C21H14N2O4/c1-23-9-14(13-8-11(24)6-7-16(13)23)18-19(21(26)22-20(18)25)15-10-27-17-5-3-2-4-12(15)17/h2-10,24H,1H3,(H,22,25,26). The summed E-state index contributed by atoms with van der Waals surface area (Å²) in [5.41, 5.74) is 3.21. The number of nitrogens with one attached hydrogen (secondary N) is 1. The maximum Gasteiger partial charge on any atom is 0.259 e. The maximum atomic E-state index is 12.7. The number of carbonyl (C=O) groups is 2. The zero-order valence-corrected chi connectivity index (χ0v) is 14.3. The third kappa shape index (κ3) is 2.13. The number of aromatic hydroxyl groups is 1. The van der Waals surface area contributed by atoms with E-state index in [0.29, 0.717) is 22.1 Å². The minimum atomic E-state index is -0.462. The van der Waals surface area contributed by atoms with Crippen LogP contribution in [0.25, 0.3) is 33.0 Å². The van der Waals surface area contributed by atoms with Crippen molar-refractivity contribution in [2.75, 3.05) is 0 Å². The molecule has 0 fully saturated rings. The number of aryl methyl sites for hydroxylation is 1. The molecule has 0 saturated heterocycles. The Labute approximate surface area is 153 Å². The lowest BCUT2D eigenvalue weighted by Gasteiger charge is -2.02. The first-order chi connectivity index (χ1) is 13.0. The van der Waals surface area contributed by atoms with E-state index < -0.39 is 11.8 Å². The second-order valence-corrected chi connectivity index (χ2v) is 6.53. The summed E-state index contributed by atoms with van der Waals surface area (Å²) in [6, 6.07) is 12.3. The minimum Gasteiger partial charge on any atom is -0.508 e. The Kier molecular flexibility index (Phi) is 3.06. The Morgan fingerprint density at radius 1 is 0.963 bits per heavy atom. The van der Waals surface area contributed by atoms with Gasteiger partial charge in [0.05, 0.1) is 17.4 Å². The molecule has 6 nitrogen and oxygen atoms in total. The van der Waals surface area contributed by atoms with Crippen LogP contribution in [0.2, 0.25) is 0 Å². The van der Waals surface area contributed by atoms with E-state index in [1.165, 1.54) is 6.26 Å². The quantitative estimate of drug-likeness (QED) is 0.539. The molecule has 0 atom stereocenters. The molecule has 132 valence electrons. The van der Waals surface area contributed by atoms with Crippen molar-refractivity contribution in [3.8, 4) is 5.75 Å². The van der Waals surface area contributed by atoms with E-state index in [2.05, 4.69) is 5.32 Å². The predicted molar refractivity (Wildman–Crippen MR) is 101 cm³/mol. The molecular weight excluding hydrogens is 344 g/mol. The number of benzene rings is 2. The molecule has 5 rings (SSSR count). The Hall–Kier alpha value is -3.80. The van der Waals surface area contributed by atoms with Crippen LogP contribution < -0.4 is 5.32 Å². The molecule has 3 heterocycles. The SMILES string of the molecule is Cn1cc(C2=C(c3coc4ccccc34)C(=O)NC2=O)c2cc(O)ccc21. The van der Waals surface area contributed by atoms with Crippen LogP contribution in [0.1, 0.15) is 11.1 Å². The monoisotopic (exact) mass is 358 g/mol. The van der Waals surface area contributed by atoms with Gasteiger partial charge >= 0.3 is 0 Å². The largest absolute Gasteiger partial charge is 0.508 e. The van der Waals surface area contributed by atoms with Gasteiger partial charge in [0.25, 0.3) is 11.8 Å². The smallest absolute Gasteiger partial charge is 0.259 e. The lowest BCUT2D eigenvalue weighted by atomic mass is 9.95. The first-order valence-corrected chi connectivity index (χ1v) is 8.39. The molecule has 0 radical (unpaired) electrons. The molecule has 27 heavy (non-hydrogen) atoms. The minimum absolute atomic E-state index is 0.0931. The van der Waals surface area contributed by atoms with Gasteiger partial charge in [-0.25, -0.2) is 0 Å². The van der Waals surface area contributed by atoms with E-state index in [1.54, 1.807) is 24.4 Å². The normalized spacial score (nSPS) is 14.6. The van der Waals surface area contributed by atoms with Crippen molar-refractivity contribution >= 4 is 44.8 Å². The number of fused-ring (bicyclic) bond motifs is 2. The van der Waals surface area contributed by atoms with Gasteiger partial charge in [0.1, 0.15) is 11.3 Å². The van der Waals surface area contributed by atoms with Crippen LogP contribution >= 0.6 is 0 Å². The highest BCUT2D eigenvalue weighted by atomic mass is 16.3. The number of imide groups is 1. The molecule has 0 bridgehead atoms. The molecule has 1 aliphatic heterocycles. The molecule has 2 N–H and O–H groups in total. The van der Waals surface area contributed by atoms with E-state index in [1.807, 2.05) is 35.9 Å². The van der Waals surface area contributed by atoms with Crippen molar-refractivity contribution in [1.82, 2.24) is 9.88 Å². The molecule has 0 spiro atoms. The molecule has 0 saturated carbocycles. The summed E-state index contributed by atoms with van der Waals surface area (Å²) >= 11 is 0. The average Bonchev–Trinajstić information content (AvgIpc) is 3.28. The number of nitrogens with zero attached hydrogens (tertiary/aromatic N) is 1. The van der Waals surface area contributed by atoms with E-state index >= 15 is 0 Å². The topological polar surface area (TPSA) is 84.5 Å². The molecule has 2 amide bonds. The van der Waals surface area contributed by atoms with Crippen LogP contribution in [0.5, 0.6) is 5.75 Å². The summed E-state index contributed by atoms with van der Waals surface area (Å²) in [5, 5.41) is 13.8. The molecule has 2 aromatic heterocycles. The second kappa shape index (κ2) is 5.35. The van der Waals surface area contributed by atoms with Gasteiger partial charge in [-0.1, -0.05) is 18.2 Å². The van der Waals surface area contributed by atoms with Gasteiger partial charge < -0.3 is 14.1 Å². The van der Waals surface area contributed by atoms with Gasteiger partial charge in [-0.2, -0.15) is 0 Å². The second-order valence-electron chi connectivity index (χ2n) is 6.53. The fraction of sp³-hybridized carbons (Fsp3) is 0.0476.